The first-order chi connectivity index (χ1) is 13.1. The largest absolute Gasteiger partial charge is 0.488 e. The smallest absolute Gasteiger partial charge is 0.286 e. The van der Waals surface area contributed by atoms with Crippen molar-refractivity contribution in [1.29, 1.82) is 0 Å². The summed E-state index contributed by atoms with van der Waals surface area (Å²) < 4.78 is 6.11. The van der Waals surface area contributed by atoms with Gasteiger partial charge in [-0.1, -0.05) is 60.2 Å². The maximum absolute atomic E-state index is 12.1. The van der Waals surface area contributed by atoms with E-state index in [-0.39, 0.29) is 11.1 Å². The van der Waals surface area contributed by atoms with Crippen LogP contribution in [-0.2, 0) is 11.4 Å². The number of fused-ring (bicyclic) bond motifs is 1. The van der Waals surface area contributed by atoms with Crippen LogP contribution in [0.3, 0.4) is 0 Å². The molecule has 0 unspecified atom stereocenters. The van der Waals surface area contributed by atoms with E-state index in [0.717, 1.165) is 27.6 Å². The van der Waals surface area contributed by atoms with Crippen molar-refractivity contribution < 1.29 is 9.53 Å². The van der Waals surface area contributed by atoms with Gasteiger partial charge in [0.05, 0.1) is 4.91 Å². The van der Waals surface area contributed by atoms with Crippen molar-refractivity contribution in [2.45, 2.75) is 13.5 Å². The Labute approximate surface area is 161 Å². The van der Waals surface area contributed by atoms with Crippen LogP contribution < -0.4 is 10.5 Å². The van der Waals surface area contributed by atoms with Gasteiger partial charge in [0.2, 0.25) is 0 Å². The van der Waals surface area contributed by atoms with E-state index in [1.165, 1.54) is 17.3 Å². The van der Waals surface area contributed by atoms with E-state index < -0.39 is 0 Å². The van der Waals surface area contributed by atoms with Gasteiger partial charge in [0, 0.05) is 5.56 Å². The first-order valence-corrected chi connectivity index (χ1v) is 9.40. The number of carbonyl (C=O) groups excluding carboxylic acids is 1. The van der Waals surface area contributed by atoms with Gasteiger partial charge in [-0.2, -0.15) is 4.99 Å². The Hall–Kier alpha value is -3.05. The van der Waals surface area contributed by atoms with Crippen molar-refractivity contribution in [1.82, 2.24) is 0 Å². The number of rotatable bonds is 4. The number of amidine groups is 1. The van der Waals surface area contributed by atoms with Gasteiger partial charge in [-0.15, -0.1) is 0 Å². The first kappa shape index (κ1) is 17.4. The molecule has 0 aliphatic carbocycles. The first-order valence-electron chi connectivity index (χ1n) is 8.58. The molecule has 0 aromatic heterocycles. The lowest BCUT2D eigenvalue weighted by Gasteiger charge is -2.13. The molecular weight excluding hydrogens is 356 g/mol. The van der Waals surface area contributed by atoms with Crippen molar-refractivity contribution in [2.24, 2.45) is 10.7 Å². The van der Waals surface area contributed by atoms with Crippen LogP contribution in [0.4, 0.5) is 0 Å². The van der Waals surface area contributed by atoms with Crippen LogP contribution in [-0.4, -0.2) is 11.1 Å². The molecule has 1 amide bonds. The molecule has 2 N–H and O–H groups in total. The Kier molecular flexibility index (Phi) is 4.69. The van der Waals surface area contributed by atoms with Crippen LogP contribution in [0.5, 0.6) is 5.75 Å². The Morgan fingerprint density at radius 3 is 2.59 bits per heavy atom. The van der Waals surface area contributed by atoms with Crippen molar-refractivity contribution in [2.75, 3.05) is 0 Å². The molecule has 3 aromatic carbocycles. The van der Waals surface area contributed by atoms with Crippen LogP contribution in [0.25, 0.3) is 16.8 Å². The summed E-state index contributed by atoms with van der Waals surface area (Å²) in [5.41, 5.74) is 8.85. The monoisotopic (exact) mass is 374 g/mol. The van der Waals surface area contributed by atoms with Gasteiger partial charge in [0.25, 0.3) is 5.91 Å². The van der Waals surface area contributed by atoms with Gasteiger partial charge in [-0.3, -0.25) is 4.79 Å². The van der Waals surface area contributed by atoms with E-state index in [0.29, 0.717) is 11.5 Å². The van der Waals surface area contributed by atoms with Gasteiger partial charge in [0.1, 0.15) is 12.4 Å². The molecule has 0 spiro atoms. The summed E-state index contributed by atoms with van der Waals surface area (Å²) in [4.78, 5) is 16.3. The van der Waals surface area contributed by atoms with E-state index in [4.69, 9.17) is 10.5 Å². The van der Waals surface area contributed by atoms with Crippen LogP contribution in [0.15, 0.2) is 70.6 Å². The van der Waals surface area contributed by atoms with E-state index in [9.17, 15) is 4.79 Å². The summed E-state index contributed by atoms with van der Waals surface area (Å²) in [6, 6.07) is 20.2. The Morgan fingerprint density at radius 1 is 1.07 bits per heavy atom. The van der Waals surface area contributed by atoms with E-state index >= 15 is 0 Å². The zero-order valence-electron chi connectivity index (χ0n) is 14.8. The quantitative estimate of drug-likeness (QED) is 0.675. The topological polar surface area (TPSA) is 64.7 Å². The fourth-order valence-electron chi connectivity index (χ4n) is 2.95. The Bertz CT molecular complexity index is 1090. The highest BCUT2D eigenvalue weighted by Crippen LogP contribution is 2.34. The molecular formula is C22H18N2O2S. The average Bonchev–Trinajstić information content (AvgIpc) is 2.99. The SMILES string of the molecule is Cc1ccc(COc2ccc3ccccc3c2C=C2SC(N)=NC2=O)cc1. The van der Waals surface area contributed by atoms with Gasteiger partial charge in [-0.05, 0) is 47.2 Å². The molecule has 1 aliphatic heterocycles. The summed E-state index contributed by atoms with van der Waals surface area (Å²) in [6.07, 6.45) is 1.82. The van der Waals surface area contributed by atoms with Crippen LogP contribution in [0.2, 0.25) is 0 Å². The zero-order chi connectivity index (χ0) is 18.8. The molecule has 0 saturated carbocycles. The van der Waals surface area contributed by atoms with Crippen molar-refractivity contribution in [3.05, 3.63) is 82.3 Å². The Balaban J connectivity index is 1.72. The van der Waals surface area contributed by atoms with E-state index in [1.807, 2.05) is 42.5 Å². The van der Waals surface area contributed by atoms with Crippen LogP contribution in [0, 0.1) is 6.92 Å². The number of hydrogen-bond donors (Lipinski definition) is 1. The fraction of sp³-hybridized carbons (Fsp3) is 0.0909. The summed E-state index contributed by atoms with van der Waals surface area (Å²) in [5, 5.41) is 2.37. The molecule has 3 aromatic rings. The van der Waals surface area contributed by atoms with Crippen LogP contribution in [0.1, 0.15) is 16.7 Å². The second-order valence-electron chi connectivity index (χ2n) is 6.34. The third kappa shape index (κ3) is 3.73. The molecule has 1 aliphatic rings. The number of thioether (sulfide) groups is 1. The number of benzene rings is 3. The molecule has 0 saturated heterocycles. The van der Waals surface area contributed by atoms with Gasteiger partial charge in [-0.25, -0.2) is 0 Å². The van der Waals surface area contributed by atoms with Gasteiger partial charge >= 0.3 is 0 Å². The molecule has 4 nitrogen and oxygen atoms in total. The summed E-state index contributed by atoms with van der Waals surface area (Å²) in [5.74, 6) is 0.413. The molecule has 0 bridgehead atoms. The number of nitrogens with zero attached hydrogens (tertiary/aromatic N) is 1. The number of ether oxygens (including phenoxy) is 1. The number of hydrogen-bond acceptors (Lipinski definition) is 4. The molecule has 0 atom stereocenters. The molecule has 0 fully saturated rings. The summed E-state index contributed by atoms with van der Waals surface area (Å²) in [6.45, 7) is 2.51. The predicted octanol–water partition coefficient (Wildman–Crippen LogP) is 4.66. The third-order valence-electron chi connectivity index (χ3n) is 4.36. The average molecular weight is 374 g/mol. The van der Waals surface area contributed by atoms with Gasteiger partial charge in [0.15, 0.2) is 5.17 Å². The Morgan fingerprint density at radius 2 is 1.85 bits per heavy atom. The lowest BCUT2D eigenvalue weighted by molar-refractivity contribution is -0.113. The zero-order valence-corrected chi connectivity index (χ0v) is 15.6. The highest BCUT2D eigenvalue weighted by atomic mass is 32.2. The summed E-state index contributed by atoms with van der Waals surface area (Å²) in [7, 11) is 0. The van der Waals surface area contributed by atoms with Crippen molar-refractivity contribution >= 4 is 39.7 Å². The number of amides is 1. The van der Waals surface area contributed by atoms with Gasteiger partial charge < -0.3 is 10.5 Å². The van der Waals surface area contributed by atoms with Crippen LogP contribution >= 0.6 is 11.8 Å². The second-order valence-corrected chi connectivity index (χ2v) is 7.40. The minimum Gasteiger partial charge on any atom is -0.488 e. The molecule has 134 valence electrons. The minimum atomic E-state index is -0.310. The molecule has 5 heteroatoms. The molecule has 4 rings (SSSR count). The lowest BCUT2D eigenvalue weighted by atomic mass is 10.0. The van der Waals surface area contributed by atoms with Crippen molar-refractivity contribution in [3.8, 4) is 5.75 Å². The third-order valence-corrected chi connectivity index (χ3v) is 5.17. The maximum Gasteiger partial charge on any atom is 0.286 e. The van der Waals surface area contributed by atoms with E-state index in [2.05, 4.69) is 36.2 Å². The highest BCUT2D eigenvalue weighted by Gasteiger charge is 2.21. The second kappa shape index (κ2) is 7.29. The minimum absolute atomic E-state index is 0.272. The number of nitrogens with two attached hydrogens (primary N) is 1. The maximum atomic E-state index is 12.1. The number of aliphatic imine (C=N–C) groups is 1. The normalized spacial score (nSPS) is 15.4. The van der Waals surface area contributed by atoms with E-state index in [1.54, 1.807) is 0 Å². The summed E-state index contributed by atoms with van der Waals surface area (Å²) >= 11 is 1.19. The highest BCUT2D eigenvalue weighted by molar-refractivity contribution is 8.18. The fourth-order valence-corrected chi connectivity index (χ4v) is 3.62. The number of aryl methyl sites for hydroxylation is 1. The lowest BCUT2D eigenvalue weighted by Crippen LogP contribution is -2.01. The standard InChI is InChI=1S/C22H18N2O2S/c1-14-6-8-15(9-7-14)13-26-19-11-10-16-4-2-3-5-17(16)18(19)12-20-21(25)24-22(23)27-20/h2-12H,13H2,1H3,(H2,23,24,25). The number of carbonyl (C=O) groups is 1. The molecule has 27 heavy (non-hydrogen) atoms. The van der Waals surface area contributed by atoms with Crippen molar-refractivity contribution in [3.63, 3.8) is 0 Å². The molecule has 0 radical (unpaired) electrons. The molecule has 1 heterocycles. The predicted molar refractivity (Wildman–Crippen MR) is 112 cm³/mol.